The van der Waals surface area contributed by atoms with Gasteiger partial charge < -0.3 is 15.1 Å². The van der Waals surface area contributed by atoms with E-state index in [4.69, 9.17) is 16.0 Å². The summed E-state index contributed by atoms with van der Waals surface area (Å²) in [6.07, 6.45) is 1.38. The van der Waals surface area contributed by atoms with E-state index < -0.39 is 11.7 Å². The average Bonchev–Trinajstić information content (AvgIpc) is 3.04. The zero-order valence-electron chi connectivity index (χ0n) is 15.5. The Morgan fingerprint density at radius 3 is 2.50 bits per heavy atom. The summed E-state index contributed by atoms with van der Waals surface area (Å²) in [7, 11) is 0. The zero-order valence-corrected chi connectivity index (χ0v) is 16.3. The second-order valence-corrected chi connectivity index (χ2v) is 6.80. The van der Waals surface area contributed by atoms with Crippen LogP contribution in [0.3, 0.4) is 0 Å². The monoisotopic (exact) mass is 402 g/mol. The second kappa shape index (κ2) is 8.44. The van der Waals surface area contributed by atoms with Gasteiger partial charge in [0.25, 0.3) is 5.91 Å². The molecule has 0 radical (unpaired) electrons. The van der Waals surface area contributed by atoms with Crippen LogP contribution in [-0.2, 0) is 4.79 Å². The fourth-order valence-electron chi connectivity index (χ4n) is 2.98. The molecule has 2 aromatic carbocycles. The molecule has 3 rings (SSSR count). The average molecular weight is 403 g/mol. The molecule has 0 saturated carbocycles. The number of nitrogens with one attached hydrogen (secondary N) is 2. The standard InChI is InChI=1S/C21H20ClFN2O3/c1-3-12(4-2)20(26)25-18-14-7-5-6-8-17(14)28-19(18)21(27)24-13-9-10-16(23)15(22)11-13/h5-12H,3-4H2,1-2H3,(H,24,27)(H,25,26). The molecule has 0 unspecified atom stereocenters. The summed E-state index contributed by atoms with van der Waals surface area (Å²) >= 11 is 5.77. The van der Waals surface area contributed by atoms with Gasteiger partial charge in [0.1, 0.15) is 17.1 Å². The predicted molar refractivity (Wildman–Crippen MR) is 108 cm³/mol. The molecular weight excluding hydrogens is 383 g/mol. The number of carbonyl (C=O) groups excluding carboxylic acids is 2. The summed E-state index contributed by atoms with van der Waals surface area (Å²) in [5, 5.41) is 5.99. The van der Waals surface area contributed by atoms with Gasteiger partial charge in [-0.15, -0.1) is 0 Å². The van der Waals surface area contributed by atoms with Crippen molar-refractivity contribution in [3.05, 3.63) is 59.1 Å². The van der Waals surface area contributed by atoms with Crippen LogP contribution in [0.1, 0.15) is 37.2 Å². The van der Waals surface area contributed by atoms with Gasteiger partial charge in [0.2, 0.25) is 11.7 Å². The number of anilines is 2. The van der Waals surface area contributed by atoms with Crippen LogP contribution in [0.4, 0.5) is 15.8 Å². The maximum Gasteiger partial charge on any atom is 0.293 e. The van der Waals surface area contributed by atoms with Crippen molar-refractivity contribution in [3.8, 4) is 0 Å². The molecule has 1 aromatic heterocycles. The maximum atomic E-state index is 13.3. The normalized spacial score (nSPS) is 11.0. The van der Waals surface area contributed by atoms with E-state index in [1.165, 1.54) is 12.1 Å². The van der Waals surface area contributed by atoms with Gasteiger partial charge in [0.05, 0.1) is 5.02 Å². The van der Waals surface area contributed by atoms with E-state index >= 15 is 0 Å². The molecule has 146 valence electrons. The summed E-state index contributed by atoms with van der Waals surface area (Å²) in [6, 6.07) is 10.9. The van der Waals surface area contributed by atoms with Crippen LogP contribution >= 0.6 is 11.6 Å². The van der Waals surface area contributed by atoms with E-state index in [0.717, 1.165) is 6.07 Å². The highest BCUT2D eigenvalue weighted by molar-refractivity contribution is 6.31. The van der Waals surface area contributed by atoms with E-state index in [-0.39, 0.29) is 22.6 Å². The van der Waals surface area contributed by atoms with Crippen LogP contribution in [0.25, 0.3) is 11.0 Å². The summed E-state index contributed by atoms with van der Waals surface area (Å²) in [5.41, 5.74) is 1.11. The Balaban J connectivity index is 1.96. The van der Waals surface area contributed by atoms with Gasteiger partial charge in [-0.3, -0.25) is 9.59 Å². The van der Waals surface area contributed by atoms with Crippen molar-refractivity contribution in [1.82, 2.24) is 0 Å². The lowest BCUT2D eigenvalue weighted by Crippen LogP contribution is -2.23. The lowest BCUT2D eigenvalue weighted by molar-refractivity contribution is -0.120. The first-order chi connectivity index (χ1) is 13.4. The molecule has 0 aliphatic carbocycles. The van der Waals surface area contributed by atoms with Crippen molar-refractivity contribution >= 4 is 45.8 Å². The van der Waals surface area contributed by atoms with Crippen LogP contribution in [-0.4, -0.2) is 11.8 Å². The maximum absolute atomic E-state index is 13.3. The van der Waals surface area contributed by atoms with Crippen molar-refractivity contribution in [2.24, 2.45) is 5.92 Å². The summed E-state index contributed by atoms with van der Waals surface area (Å²) in [5.74, 6) is -1.52. The summed E-state index contributed by atoms with van der Waals surface area (Å²) in [6.45, 7) is 3.88. The van der Waals surface area contributed by atoms with E-state index in [2.05, 4.69) is 10.6 Å². The second-order valence-electron chi connectivity index (χ2n) is 6.39. The van der Waals surface area contributed by atoms with E-state index in [1.807, 2.05) is 13.8 Å². The van der Waals surface area contributed by atoms with Gasteiger partial charge in [-0.1, -0.05) is 37.6 Å². The molecule has 0 aliphatic rings. The largest absolute Gasteiger partial charge is 0.449 e. The Labute approximate surface area is 166 Å². The summed E-state index contributed by atoms with van der Waals surface area (Å²) in [4.78, 5) is 25.4. The van der Waals surface area contributed by atoms with Crippen LogP contribution in [0.5, 0.6) is 0 Å². The molecule has 1 heterocycles. The predicted octanol–water partition coefficient (Wildman–Crippen LogP) is 5.85. The minimum absolute atomic E-state index is 0.0269. The van der Waals surface area contributed by atoms with E-state index in [0.29, 0.717) is 35.2 Å². The van der Waals surface area contributed by atoms with Crippen molar-refractivity contribution in [2.45, 2.75) is 26.7 Å². The fraction of sp³-hybridized carbons (Fsp3) is 0.238. The van der Waals surface area contributed by atoms with E-state index in [1.54, 1.807) is 24.3 Å². The first-order valence-corrected chi connectivity index (χ1v) is 9.41. The van der Waals surface area contributed by atoms with Crippen molar-refractivity contribution < 1.29 is 18.4 Å². The third-order valence-corrected chi connectivity index (χ3v) is 4.87. The number of carbonyl (C=O) groups is 2. The van der Waals surface area contributed by atoms with Gasteiger partial charge in [0, 0.05) is 17.0 Å². The molecule has 7 heteroatoms. The van der Waals surface area contributed by atoms with Crippen LogP contribution < -0.4 is 10.6 Å². The smallest absolute Gasteiger partial charge is 0.293 e. The van der Waals surface area contributed by atoms with Gasteiger partial charge in [-0.25, -0.2) is 4.39 Å². The number of rotatable bonds is 6. The highest BCUT2D eigenvalue weighted by atomic mass is 35.5. The van der Waals surface area contributed by atoms with Crippen LogP contribution in [0.15, 0.2) is 46.9 Å². The van der Waals surface area contributed by atoms with Crippen molar-refractivity contribution in [3.63, 3.8) is 0 Å². The molecule has 0 saturated heterocycles. The highest BCUT2D eigenvalue weighted by Crippen LogP contribution is 2.32. The molecule has 3 aromatic rings. The molecule has 28 heavy (non-hydrogen) atoms. The minimum Gasteiger partial charge on any atom is -0.449 e. The molecule has 0 fully saturated rings. The Hall–Kier alpha value is -2.86. The number of furan rings is 1. The Bertz CT molecular complexity index is 1030. The molecule has 0 bridgehead atoms. The topological polar surface area (TPSA) is 71.3 Å². The van der Waals surface area contributed by atoms with Crippen LogP contribution in [0, 0.1) is 11.7 Å². The number of hydrogen-bond acceptors (Lipinski definition) is 3. The Morgan fingerprint density at radius 1 is 1.11 bits per heavy atom. The number of hydrogen-bond donors (Lipinski definition) is 2. The van der Waals surface area contributed by atoms with Gasteiger partial charge in [0.15, 0.2) is 0 Å². The molecule has 5 nitrogen and oxygen atoms in total. The zero-order chi connectivity index (χ0) is 20.3. The van der Waals surface area contributed by atoms with Gasteiger partial charge in [-0.2, -0.15) is 0 Å². The third-order valence-electron chi connectivity index (χ3n) is 4.58. The minimum atomic E-state index is -0.582. The van der Waals surface area contributed by atoms with Crippen molar-refractivity contribution in [1.29, 1.82) is 0 Å². The molecule has 0 aliphatic heterocycles. The summed E-state index contributed by atoms with van der Waals surface area (Å²) < 4.78 is 19.0. The number of amides is 2. The third kappa shape index (κ3) is 4.02. The molecular formula is C21H20ClFN2O3. The molecule has 2 N–H and O–H groups in total. The van der Waals surface area contributed by atoms with Gasteiger partial charge >= 0.3 is 0 Å². The Kier molecular flexibility index (Phi) is 5.99. The molecule has 2 amide bonds. The first-order valence-electron chi connectivity index (χ1n) is 9.03. The molecule has 0 atom stereocenters. The SMILES string of the molecule is CCC(CC)C(=O)Nc1c(C(=O)Nc2ccc(F)c(Cl)c2)oc2ccccc12. The number of para-hydroxylation sites is 1. The van der Waals surface area contributed by atoms with Crippen molar-refractivity contribution in [2.75, 3.05) is 10.6 Å². The quantitative estimate of drug-likeness (QED) is 0.543. The lowest BCUT2D eigenvalue weighted by Gasteiger charge is -2.13. The highest BCUT2D eigenvalue weighted by Gasteiger charge is 2.24. The number of halogens is 2. The van der Waals surface area contributed by atoms with Gasteiger partial charge in [-0.05, 0) is 43.2 Å². The fourth-order valence-corrected chi connectivity index (χ4v) is 3.16. The van der Waals surface area contributed by atoms with E-state index in [9.17, 15) is 14.0 Å². The number of fused-ring (bicyclic) bond motifs is 1. The van der Waals surface area contributed by atoms with Crippen LogP contribution in [0.2, 0.25) is 5.02 Å². The lowest BCUT2D eigenvalue weighted by atomic mass is 10.0. The Morgan fingerprint density at radius 2 is 1.82 bits per heavy atom. The number of benzene rings is 2. The molecule has 0 spiro atoms. The first kappa shape index (κ1) is 19.9.